The Balaban J connectivity index is 1.41. The number of carbonyl (C=O) groups excluding carboxylic acids is 1. The SMILES string of the molecule is O=C(CNC[C@@H]1CCCN1c1cccnn1)NCc1ccccc1F. The van der Waals surface area contributed by atoms with Crippen molar-refractivity contribution in [3.8, 4) is 0 Å². The molecule has 0 aliphatic carbocycles. The van der Waals surface area contributed by atoms with Gasteiger partial charge in [-0.15, -0.1) is 5.10 Å². The van der Waals surface area contributed by atoms with Crippen molar-refractivity contribution >= 4 is 11.7 Å². The topological polar surface area (TPSA) is 70.2 Å². The van der Waals surface area contributed by atoms with Gasteiger partial charge in [0.2, 0.25) is 5.91 Å². The van der Waals surface area contributed by atoms with Gasteiger partial charge in [-0.05, 0) is 31.0 Å². The lowest BCUT2D eigenvalue weighted by molar-refractivity contribution is -0.120. The van der Waals surface area contributed by atoms with Crippen LogP contribution in [0.15, 0.2) is 42.6 Å². The zero-order valence-electron chi connectivity index (χ0n) is 14.0. The van der Waals surface area contributed by atoms with Gasteiger partial charge < -0.3 is 15.5 Å². The molecule has 1 aromatic heterocycles. The minimum atomic E-state index is -0.304. The summed E-state index contributed by atoms with van der Waals surface area (Å²) in [4.78, 5) is 14.1. The predicted molar refractivity (Wildman–Crippen MR) is 93.5 cm³/mol. The average Bonchev–Trinajstić information content (AvgIpc) is 3.10. The number of hydrogen-bond acceptors (Lipinski definition) is 5. The molecule has 2 aromatic rings. The fourth-order valence-corrected chi connectivity index (χ4v) is 3.05. The molecule has 1 fully saturated rings. The van der Waals surface area contributed by atoms with Crippen LogP contribution in [-0.2, 0) is 11.3 Å². The third-order valence-corrected chi connectivity index (χ3v) is 4.33. The summed E-state index contributed by atoms with van der Waals surface area (Å²) < 4.78 is 13.5. The van der Waals surface area contributed by atoms with E-state index in [2.05, 4.69) is 25.7 Å². The predicted octanol–water partition coefficient (Wildman–Crippen LogP) is 1.49. The molecular formula is C18H22FN5O. The van der Waals surface area contributed by atoms with Crippen molar-refractivity contribution in [1.29, 1.82) is 0 Å². The van der Waals surface area contributed by atoms with Crippen LogP contribution >= 0.6 is 0 Å². The van der Waals surface area contributed by atoms with Crippen LogP contribution in [0.5, 0.6) is 0 Å². The maximum absolute atomic E-state index is 13.5. The van der Waals surface area contributed by atoms with Gasteiger partial charge in [-0.2, -0.15) is 5.10 Å². The molecule has 1 amide bonds. The third-order valence-electron chi connectivity index (χ3n) is 4.33. The maximum Gasteiger partial charge on any atom is 0.234 e. The van der Waals surface area contributed by atoms with E-state index < -0.39 is 0 Å². The van der Waals surface area contributed by atoms with Crippen molar-refractivity contribution in [3.05, 3.63) is 54.0 Å². The summed E-state index contributed by atoms with van der Waals surface area (Å²) in [6, 6.07) is 10.6. The van der Waals surface area contributed by atoms with E-state index in [1.165, 1.54) is 6.07 Å². The number of carbonyl (C=O) groups is 1. The molecule has 0 radical (unpaired) electrons. The van der Waals surface area contributed by atoms with Gasteiger partial charge in [-0.3, -0.25) is 4.79 Å². The fourth-order valence-electron chi connectivity index (χ4n) is 3.05. The standard InChI is InChI=1S/C18H22FN5O/c19-16-7-2-1-5-14(16)11-21-18(25)13-20-12-15-6-4-10-24(15)17-8-3-9-22-23-17/h1-3,5,7-9,15,20H,4,6,10-13H2,(H,21,25)/t15-/m0/s1. The van der Waals surface area contributed by atoms with Crippen LogP contribution in [-0.4, -0.2) is 41.8 Å². The lowest BCUT2D eigenvalue weighted by Crippen LogP contribution is -2.42. The first-order chi connectivity index (χ1) is 12.2. The maximum atomic E-state index is 13.5. The van der Waals surface area contributed by atoms with Crippen LogP contribution in [0.25, 0.3) is 0 Å². The van der Waals surface area contributed by atoms with E-state index >= 15 is 0 Å². The minimum absolute atomic E-state index is 0.146. The molecule has 0 bridgehead atoms. The largest absolute Gasteiger partial charge is 0.351 e. The number of amides is 1. The molecule has 7 heteroatoms. The summed E-state index contributed by atoms with van der Waals surface area (Å²) in [6.45, 7) is 2.05. The summed E-state index contributed by atoms with van der Waals surface area (Å²) in [6.07, 6.45) is 3.82. The van der Waals surface area contributed by atoms with Gasteiger partial charge in [0.05, 0.1) is 6.54 Å². The zero-order chi connectivity index (χ0) is 17.5. The van der Waals surface area contributed by atoms with E-state index in [4.69, 9.17) is 0 Å². The van der Waals surface area contributed by atoms with Gasteiger partial charge in [0.15, 0.2) is 5.82 Å². The molecule has 1 aromatic carbocycles. The number of nitrogens with one attached hydrogen (secondary N) is 2. The molecular weight excluding hydrogens is 321 g/mol. The molecule has 6 nitrogen and oxygen atoms in total. The second-order valence-electron chi connectivity index (χ2n) is 6.07. The van der Waals surface area contributed by atoms with Gasteiger partial charge in [-0.1, -0.05) is 18.2 Å². The third kappa shape index (κ3) is 4.73. The number of halogens is 1. The molecule has 1 atom stereocenters. The molecule has 0 unspecified atom stereocenters. The highest BCUT2D eigenvalue weighted by Crippen LogP contribution is 2.22. The van der Waals surface area contributed by atoms with E-state index in [9.17, 15) is 9.18 Å². The van der Waals surface area contributed by atoms with Gasteiger partial charge in [0.25, 0.3) is 0 Å². The lowest BCUT2D eigenvalue weighted by atomic mass is 10.2. The highest BCUT2D eigenvalue weighted by molar-refractivity contribution is 5.77. The highest BCUT2D eigenvalue weighted by Gasteiger charge is 2.25. The van der Waals surface area contributed by atoms with Crippen molar-refractivity contribution in [1.82, 2.24) is 20.8 Å². The smallest absolute Gasteiger partial charge is 0.234 e. The van der Waals surface area contributed by atoms with Gasteiger partial charge in [0.1, 0.15) is 5.82 Å². The molecule has 2 heterocycles. The molecule has 1 saturated heterocycles. The van der Waals surface area contributed by atoms with Crippen molar-refractivity contribution < 1.29 is 9.18 Å². The van der Waals surface area contributed by atoms with Crippen molar-refractivity contribution in [3.63, 3.8) is 0 Å². The number of anilines is 1. The number of benzene rings is 1. The molecule has 2 N–H and O–H groups in total. The van der Waals surface area contributed by atoms with E-state index in [1.807, 2.05) is 12.1 Å². The van der Waals surface area contributed by atoms with E-state index in [1.54, 1.807) is 24.4 Å². The second kappa shape index (κ2) is 8.53. The highest BCUT2D eigenvalue weighted by atomic mass is 19.1. The van der Waals surface area contributed by atoms with Crippen LogP contribution in [0, 0.1) is 5.82 Å². The summed E-state index contributed by atoms with van der Waals surface area (Å²) in [5.74, 6) is 0.421. The monoisotopic (exact) mass is 343 g/mol. The number of nitrogens with zero attached hydrogens (tertiary/aromatic N) is 3. The van der Waals surface area contributed by atoms with Crippen LogP contribution in [0.2, 0.25) is 0 Å². The molecule has 25 heavy (non-hydrogen) atoms. The quantitative estimate of drug-likeness (QED) is 0.797. The first-order valence-corrected chi connectivity index (χ1v) is 8.49. The van der Waals surface area contributed by atoms with Crippen molar-refractivity contribution in [2.75, 3.05) is 24.5 Å². The second-order valence-corrected chi connectivity index (χ2v) is 6.07. The summed E-state index contributed by atoms with van der Waals surface area (Å²) >= 11 is 0. The molecule has 1 aliphatic rings. The molecule has 0 saturated carbocycles. The van der Waals surface area contributed by atoms with Gasteiger partial charge in [-0.25, -0.2) is 4.39 Å². The van der Waals surface area contributed by atoms with E-state index in [0.29, 0.717) is 18.2 Å². The summed E-state index contributed by atoms with van der Waals surface area (Å²) in [7, 11) is 0. The number of rotatable bonds is 7. The number of aromatic nitrogens is 2. The van der Waals surface area contributed by atoms with Crippen LogP contribution < -0.4 is 15.5 Å². The Kier molecular flexibility index (Phi) is 5.90. The first-order valence-electron chi connectivity index (χ1n) is 8.49. The average molecular weight is 343 g/mol. The Morgan fingerprint density at radius 1 is 1.28 bits per heavy atom. The zero-order valence-corrected chi connectivity index (χ0v) is 14.0. The Morgan fingerprint density at radius 3 is 2.96 bits per heavy atom. The minimum Gasteiger partial charge on any atom is -0.351 e. The summed E-state index contributed by atoms with van der Waals surface area (Å²) in [5.41, 5.74) is 0.487. The summed E-state index contributed by atoms with van der Waals surface area (Å²) in [5, 5.41) is 14.0. The Morgan fingerprint density at radius 2 is 2.16 bits per heavy atom. The lowest BCUT2D eigenvalue weighted by Gasteiger charge is -2.25. The van der Waals surface area contributed by atoms with Gasteiger partial charge >= 0.3 is 0 Å². The van der Waals surface area contributed by atoms with Crippen LogP contribution in [0.3, 0.4) is 0 Å². The van der Waals surface area contributed by atoms with Crippen LogP contribution in [0.4, 0.5) is 10.2 Å². The normalized spacial score (nSPS) is 16.8. The molecule has 0 spiro atoms. The molecule has 1 aliphatic heterocycles. The van der Waals surface area contributed by atoms with Crippen molar-refractivity contribution in [2.24, 2.45) is 0 Å². The molecule has 132 valence electrons. The van der Waals surface area contributed by atoms with Crippen molar-refractivity contribution in [2.45, 2.75) is 25.4 Å². The Hall–Kier alpha value is -2.54. The van der Waals surface area contributed by atoms with E-state index in [0.717, 1.165) is 25.2 Å². The Labute approximate surface area is 146 Å². The number of hydrogen-bond donors (Lipinski definition) is 2. The first kappa shape index (κ1) is 17.3. The van der Waals surface area contributed by atoms with Crippen LogP contribution in [0.1, 0.15) is 18.4 Å². The molecule has 3 rings (SSSR count). The van der Waals surface area contributed by atoms with Gasteiger partial charge in [0, 0.05) is 37.4 Å². The van der Waals surface area contributed by atoms with E-state index in [-0.39, 0.29) is 24.8 Å². The Bertz CT molecular complexity index is 697. The fraction of sp³-hybridized carbons (Fsp3) is 0.389.